The van der Waals surface area contributed by atoms with Gasteiger partial charge in [-0.25, -0.2) is 0 Å². The number of pyridine rings is 1. The molecule has 0 amide bonds. The van der Waals surface area contributed by atoms with Gasteiger partial charge in [0.15, 0.2) is 5.78 Å². The molecule has 4 heteroatoms. The Morgan fingerprint density at radius 2 is 1.63 bits per heavy atom. The second-order valence-electron chi connectivity index (χ2n) is 13.4. The van der Waals surface area contributed by atoms with Crippen LogP contribution in [0.4, 0.5) is 0 Å². The van der Waals surface area contributed by atoms with Crippen LogP contribution in [0.1, 0.15) is 103 Å². The number of rotatable bonds is 7. The number of aromatic nitrogens is 1. The van der Waals surface area contributed by atoms with E-state index in [1.54, 1.807) is 0 Å². The topological polar surface area (TPSA) is 50.2 Å². The van der Waals surface area contributed by atoms with Crippen LogP contribution in [-0.2, 0) is 24.9 Å². The van der Waals surface area contributed by atoms with Crippen LogP contribution in [0.15, 0.2) is 66.6 Å². The predicted octanol–water partition coefficient (Wildman–Crippen LogP) is 11.0. The van der Waals surface area contributed by atoms with E-state index in [0.717, 1.165) is 29.7 Å². The summed E-state index contributed by atoms with van der Waals surface area (Å²) in [5.41, 5.74) is 5.40. The van der Waals surface area contributed by atoms with Gasteiger partial charge in [0, 0.05) is 43.2 Å². The van der Waals surface area contributed by atoms with E-state index in [-0.39, 0.29) is 42.5 Å². The molecule has 4 aromatic rings. The van der Waals surface area contributed by atoms with Crippen molar-refractivity contribution in [3.8, 4) is 11.3 Å². The van der Waals surface area contributed by atoms with Crippen LogP contribution in [0.5, 0.6) is 0 Å². The summed E-state index contributed by atoms with van der Waals surface area (Å²) in [7, 11) is 0. The summed E-state index contributed by atoms with van der Waals surface area (Å²) in [6.45, 7) is 15.9. The van der Waals surface area contributed by atoms with Gasteiger partial charge in [0.25, 0.3) is 0 Å². The van der Waals surface area contributed by atoms with Crippen LogP contribution >= 0.6 is 0 Å². The molecular formula is C39H48IrNO2-. The number of aliphatic hydroxyl groups excluding tert-OH is 1. The zero-order valence-electron chi connectivity index (χ0n) is 27.2. The molecule has 1 aliphatic rings. The van der Waals surface area contributed by atoms with Crippen LogP contribution in [0.25, 0.3) is 32.8 Å². The normalized spacial score (nSPS) is 14.4. The molecule has 1 saturated carbocycles. The Morgan fingerprint density at radius 1 is 0.953 bits per heavy atom. The molecule has 1 aromatic heterocycles. The Labute approximate surface area is 272 Å². The predicted molar refractivity (Wildman–Crippen MR) is 178 cm³/mol. The minimum Gasteiger partial charge on any atom is -0.512 e. The number of carbonyl (C=O) groups excluding carboxylic acids is 1. The average Bonchev–Trinajstić information content (AvgIpc) is 3.51. The Balaban J connectivity index is 0.000000274. The number of aliphatic hydroxyl groups is 1. The minimum atomic E-state index is -0.377. The Kier molecular flexibility index (Phi) is 11.5. The number of allylic oxidation sites excluding steroid dienone is 2. The number of nitrogens with zero attached hydrogens (tertiary/aromatic N) is 1. The molecule has 1 N–H and O–H groups in total. The van der Waals surface area contributed by atoms with Crippen LogP contribution in [-0.4, -0.2) is 15.9 Å². The maximum Gasteiger partial charge on any atom is 0.164 e. The maximum absolute atomic E-state index is 11.8. The minimum absolute atomic E-state index is 0. The van der Waals surface area contributed by atoms with Crippen molar-refractivity contribution >= 4 is 27.3 Å². The van der Waals surface area contributed by atoms with Gasteiger partial charge in [-0.15, -0.1) is 34.9 Å². The number of fused-ring (bicyclic) bond motifs is 3. The molecule has 0 aliphatic heterocycles. The zero-order chi connectivity index (χ0) is 30.7. The summed E-state index contributed by atoms with van der Waals surface area (Å²) in [4.78, 5) is 16.6. The van der Waals surface area contributed by atoms with Gasteiger partial charge in [-0.2, -0.15) is 0 Å². The zero-order valence-corrected chi connectivity index (χ0v) is 29.6. The summed E-state index contributed by atoms with van der Waals surface area (Å²) in [5, 5.41) is 15.1. The van der Waals surface area contributed by atoms with Gasteiger partial charge < -0.3 is 10.1 Å². The van der Waals surface area contributed by atoms with E-state index in [0.29, 0.717) is 5.92 Å². The SMILES string of the molecule is CCC(C)(C)C(=O)/C=C(\O)C(C)(C)CC.Cc1[c-]c(-c2nccc3ccc4c(C5CCCC5)cccc4c23)cc(C)c1.[Ir]. The van der Waals surface area contributed by atoms with E-state index in [9.17, 15) is 9.90 Å². The van der Waals surface area contributed by atoms with Crippen molar-refractivity contribution < 1.29 is 30.0 Å². The van der Waals surface area contributed by atoms with Gasteiger partial charge in [0.05, 0.1) is 0 Å². The van der Waals surface area contributed by atoms with E-state index in [1.807, 2.05) is 47.7 Å². The number of ketones is 1. The molecule has 1 heterocycles. The van der Waals surface area contributed by atoms with Gasteiger partial charge in [0.1, 0.15) is 5.76 Å². The standard InChI is InChI=1S/C26H24N.C13H24O2.Ir/c1-17-14-18(2)16-21(15-17)26-25-20(12-13-27-26)10-11-23-22(8-5-9-24(23)25)19-6-3-4-7-19;1-7-12(3,4)10(14)9-11(15)13(5,6)8-2;/h5,8-15,19H,3-4,6-7H2,1-2H3;9,14H,7-8H2,1-6H3;/q-1;;/b;10-9-;. The molecular weight excluding hydrogens is 707 g/mol. The fourth-order valence-electron chi connectivity index (χ4n) is 5.75. The van der Waals surface area contributed by atoms with Crippen molar-refractivity contribution in [2.24, 2.45) is 10.8 Å². The molecule has 1 aliphatic carbocycles. The molecule has 3 aromatic carbocycles. The van der Waals surface area contributed by atoms with Crippen LogP contribution in [0, 0.1) is 30.7 Å². The number of benzene rings is 3. The van der Waals surface area contributed by atoms with Crippen molar-refractivity contribution in [3.63, 3.8) is 0 Å². The summed E-state index contributed by atoms with van der Waals surface area (Å²) in [6, 6.07) is 21.5. The quantitative estimate of drug-likeness (QED) is 0.0885. The summed E-state index contributed by atoms with van der Waals surface area (Å²) in [5.74, 6) is 0.902. The fraction of sp³-hybridized carbons (Fsp3) is 0.436. The average molecular weight is 755 g/mol. The molecule has 1 fully saturated rings. The maximum atomic E-state index is 11.8. The number of hydrogen-bond donors (Lipinski definition) is 1. The third-order valence-electron chi connectivity index (χ3n) is 9.42. The van der Waals surface area contributed by atoms with E-state index in [1.165, 1.54) is 64.4 Å². The molecule has 0 saturated heterocycles. The largest absolute Gasteiger partial charge is 0.512 e. The number of carbonyl (C=O) groups is 1. The van der Waals surface area contributed by atoms with E-state index in [2.05, 4.69) is 68.4 Å². The Bertz CT molecular complexity index is 1590. The third-order valence-corrected chi connectivity index (χ3v) is 9.42. The molecule has 0 bridgehead atoms. The first-order chi connectivity index (χ1) is 19.9. The summed E-state index contributed by atoms with van der Waals surface area (Å²) < 4.78 is 0. The molecule has 0 atom stereocenters. The van der Waals surface area contributed by atoms with Crippen molar-refractivity contribution in [3.05, 3.63) is 89.3 Å². The van der Waals surface area contributed by atoms with Gasteiger partial charge in [-0.05, 0) is 70.5 Å². The number of hydrogen-bond acceptors (Lipinski definition) is 3. The molecule has 3 nitrogen and oxygen atoms in total. The Morgan fingerprint density at radius 3 is 2.26 bits per heavy atom. The van der Waals surface area contributed by atoms with Crippen LogP contribution in [0.3, 0.4) is 0 Å². The second-order valence-corrected chi connectivity index (χ2v) is 13.4. The summed E-state index contributed by atoms with van der Waals surface area (Å²) in [6.07, 6.45) is 10.3. The number of aryl methyl sites for hydroxylation is 2. The molecule has 1 radical (unpaired) electrons. The van der Waals surface area contributed by atoms with Crippen molar-refractivity contribution in [2.45, 2.75) is 99.8 Å². The smallest absolute Gasteiger partial charge is 0.164 e. The first kappa shape index (κ1) is 34.7. The van der Waals surface area contributed by atoms with Crippen LogP contribution in [0.2, 0.25) is 0 Å². The van der Waals surface area contributed by atoms with E-state index in [4.69, 9.17) is 4.98 Å². The molecule has 0 spiro atoms. The first-order valence-electron chi connectivity index (χ1n) is 15.6. The molecule has 43 heavy (non-hydrogen) atoms. The van der Waals surface area contributed by atoms with Crippen molar-refractivity contribution in [2.75, 3.05) is 0 Å². The monoisotopic (exact) mass is 755 g/mol. The van der Waals surface area contributed by atoms with Gasteiger partial charge in [-0.1, -0.05) is 98.6 Å². The summed E-state index contributed by atoms with van der Waals surface area (Å²) >= 11 is 0. The molecule has 5 rings (SSSR count). The second kappa shape index (κ2) is 14.3. The van der Waals surface area contributed by atoms with Gasteiger partial charge >= 0.3 is 0 Å². The van der Waals surface area contributed by atoms with E-state index >= 15 is 0 Å². The molecule has 231 valence electrons. The third kappa shape index (κ3) is 7.83. The first-order valence-corrected chi connectivity index (χ1v) is 15.6. The fourth-order valence-corrected chi connectivity index (χ4v) is 5.75. The molecule has 0 unspecified atom stereocenters. The van der Waals surface area contributed by atoms with Gasteiger partial charge in [0.2, 0.25) is 0 Å². The van der Waals surface area contributed by atoms with Crippen molar-refractivity contribution in [1.82, 2.24) is 4.98 Å². The van der Waals surface area contributed by atoms with E-state index < -0.39 is 0 Å². The van der Waals surface area contributed by atoms with Crippen LogP contribution < -0.4 is 0 Å². The Hall–Kier alpha value is -2.81. The van der Waals surface area contributed by atoms with Gasteiger partial charge in [-0.3, -0.25) is 4.79 Å². The van der Waals surface area contributed by atoms with Crippen molar-refractivity contribution in [1.29, 1.82) is 0 Å².